The molecule has 6 N–H and O–H groups in total. The molecule has 0 saturated carbocycles. The second kappa shape index (κ2) is 4.62. The molecule has 6 heteroatoms. The lowest BCUT2D eigenvalue weighted by molar-refractivity contribution is 0.281. The molecule has 3 aromatic carbocycles. The van der Waals surface area contributed by atoms with Crippen LogP contribution in [0.5, 0.6) is 23.0 Å². The number of nitrogens with one attached hydrogen (secondary N) is 1. The lowest BCUT2D eigenvalue weighted by atomic mass is 9.96. The van der Waals surface area contributed by atoms with Gasteiger partial charge in [0.05, 0.1) is 23.3 Å². The average molecular weight is 323 g/mol. The number of fused-ring (bicyclic) bond motifs is 4. The van der Waals surface area contributed by atoms with Crippen LogP contribution in [0.25, 0.3) is 21.9 Å². The molecule has 3 aromatic rings. The van der Waals surface area contributed by atoms with Crippen LogP contribution in [0.4, 0.5) is 0 Å². The molecule has 24 heavy (non-hydrogen) atoms. The maximum atomic E-state index is 10.7. The Hall–Kier alpha value is -3.25. The molecule has 1 aliphatic carbocycles. The SMILES string of the molecule is N=C1c2cc(CO)cc(O)c2-c2c1c(O)c1c(O)cccc1c2O. The Morgan fingerprint density at radius 1 is 0.833 bits per heavy atom. The van der Waals surface area contributed by atoms with Gasteiger partial charge in [0.15, 0.2) is 0 Å². The van der Waals surface area contributed by atoms with Crippen LogP contribution in [-0.4, -0.2) is 31.2 Å². The smallest absolute Gasteiger partial charge is 0.137 e. The van der Waals surface area contributed by atoms with Crippen molar-refractivity contribution < 1.29 is 25.5 Å². The Morgan fingerprint density at radius 2 is 1.58 bits per heavy atom. The molecule has 0 heterocycles. The van der Waals surface area contributed by atoms with E-state index < -0.39 is 0 Å². The first-order chi connectivity index (χ1) is 11.5. The Morgan fingerprint density at radius 3 is 2.29 bits per heavy atom. The van der Waals surface area contributed by atoms with Crippen LogP contribution < -0.4 is 0 Å². The van der Waals surface area contributed by atoms with E-state index in [9.17, 15) is 25.5 Å². The molecule has 4 rings (SSSR count). The summed E-state index contributed by atoms with van der Waals surface area (Å²) in [6.45, 7) is -0.314. The van der Waals surface area contributed by atoms with Crippen molar-refractivity contribution in [2.75, 3.05) is 0 Å². The Bertz CT molecular complexity index is 1060. The van der Waals surface area contributed by atoms with E-state index in [-0.39, 0.29) is 62.8 Å². The Labute approximate surface area is 136 Å². The van der Waals surface area contributed by atoms with Crippen molar-refractivity contribution in [3.05, 3.63) is 47.0 Å². The van der Waals surface area contributed by atoms with Gasteiger partial charge in [-0.25, -0.2) is 0 Å². The van der Waals surface area contributed by atoms with Crippen LogP contribution in [0.15, 0.2) is 30.3 Å². The number of hydrogen-bond acceptors (Lipinski definition) is 6. The molecule has 0 aromatic heterocycles. The first-order valence-electron chi connectivity index (χ1n) is 7.21. The third kappa shape index (κ3) is 1.60. The Balaban J connectivity index is 2.21. The van der Waals surface area contributed by atoms with Gasteiger partial charge in [0.2, 0.25) is 0 Å². The summed E-state index contributed by atoms with van der Waals surface area (Å²) in [5.41, 5.74) is 1.04. The molecular formula is C18H13NO5. The molecular weight excluding hydrogens is 310 g/mol. The highest BCUT2D eigenvalue weighted by atomic mass is 16.3. The van der Waals surface area contributed by atoms with Crippen LogP contribution in [0.2, 0.25) is 0 Å². The van der Waals surface area contributed by atoms with Crippen LogP contribution >= 0.6 is 0 Å². The van der Waals surface area contributed by atoms with Gasteiger partial charge in [0, 0.05) is 22.1 Å². The Kier molecular flexibility index (Phi) is 2.76. The number of phenolic OH excluding ortho intramolecular Hbond substituents is 4. The quantitative estimate of drug-likeness (QED) is 0.300. The maximum Gasteiger partial charge on any atom is 0.137 e. The van der Waals surface area contributed by atoms with E-state index in [1.54, 1.807) is 0 Å². The van der Waals surface area contributed by atoms with Crippen molar-refractivity contribution in [1.82, 2.24) is 0 Å². The zero-order chi connectivity index (χ0) is 17.2. The highest BCUT2D eigenvalue weighted by molar-refractivity contribution is 6.29. The highest BCUT2D eigenvalue weighted by Gasteiger charge is 2.34. The first kappa shape index (κ1) is 14.3. The molecule has 0 atom stereocenters. The molecule has 0 fully saturated rings. The number of benzene rings is 3. The van der Waals surface area contributed by atoms with Gasteiger partial charge >= 0.3 is 0 Å². The number of hydrogen-bond donors (Lipinski definition) is 6. The minimum Gasteiger partial charge on any atom is -0.507 e. The van der Waals surface area contributed by atoms with E-state index >= 15 is 0 Å². The predicted molar refractivity (Wildman–Crippen MR) is 87.9 cm³/mol. The summed E-state index contributed by atoms with van der Waals surface area (Å²) in [7, 11) is 0. The van der Waals surface area contributed by atoms with Crippen molar-refractivity contribution in [1.29, 1.82) is 5.41 Å². The number of aliphatic hydroxyl groups is 1. The minimum absolute atomic E-state index is 0.0434. The van der Waals surface area contributed by atoms with Crippen LogP contribution in [0.3, 0.4) is 0 Å². The normalized spacial score (nSPS) is 12.5. The highest BCUT2D eigenvalue weighted by Crippen LogP contribution is 2.54. The van der Waals surface area contributed by atoms with Crippen LogP contribution in [0, 0.1) is 5.41 Å². The first-order valence-corrected chi connectivity index (χ1v) is 7.21. The standard InChI is InChI=1S/C18H13NO5/c19-16-9-4-7(6-20)5-11(22)12(9)14-15(16)18(24)13-8(17(14)23)2-1-3-10(13)21/h1-5,19-24H,6H2. The molecule has 1 aliphatic rings. The second-order valence-corrected chi connectivity index (χ2v) is 5.72. The molecule has 0 aliphatic heterocycles. The van der Waals surface area contributed by atoms with Gasteiger partial charge in [-0.15, -0.1) is 0 Å². The van der Waals surface area contributed by atoms with Crippen LogP contribution in [-0.2, 0) is 6.61 Å². The second-order valence-electron chi connectivity index (χ2n) is 5.72. The monoisotopic (exact) mass is 323 g/mol. The summed E-state index contributed by atoms with van der Waals surface area (Å²) in [5.74, 6) is -0.979. The number of rotatable bonds is 1. The molecule has 0 spiro atoms. The summed E-state index contributed by atoms with van der Waals surface area (Å²) < 4.78 is 0. The molecule has 0 radical (unpaired) electrons. The summed E-state index contributed by atoms with van der Waals surface area (Å²) in [6.07, 6.45) is 0. The fourth-order valence-electron chi connectivity index (χ4n) is 3.34. The van der Waals surface area contributed by atoms with E-state index in [4.69, 9.17) is 5.41 Å². The fourth-order valence-corrected chi connectivity index (χ4v) is 3.34. The lowest BCUT2D eigenvalue weighted by Gasteiger charge is -2.12. The summed E-state index contributed by atoms with van der Waals surface area (Å²) in [6, 6.07) is 7.32. The van der Waals surface area contributed by atoms with Crippen molar-refractivity contribution in [2.45, 2.75) is 6.61 Å². The van der Waals surface area contributed by atoms with E-state index in [1.807, 2.05) is 0 Å². The van der Waals surface area contributed by atoms with Gasteiger partial charge in [-0.3, -0.25) is 5.41 Å². The fraction of sp³-hybridized carbons (Fsp3) is 0.0556. The van der Waals surface area contributed by atoms with Crippen LogP contribution in [0.1, 0.15) is 16.7 Å². The average Bonchev–Trinajstić information content (AvgIpc) is 2.86. The zero-order valence-corrected chi connectivity index (χ0v) is 12.3. The third-order valence-corrected chi connectivity index (χ3v) is 4.39. The van der Waals surface area contributed by atoms with Gasteiger partial charge in [-0.1, -0.05) is 12.1 Å². The molecule has 0 unspecified atom stereocenters. The topological polar surface area (TPSA) is 125 Å². The summed E-state index contributed by atoms with van der Waals surface area (Å²) >= 11 is 0. The van der Waals surface area contributed by atoms with E-state index in [0.29, 0.717) is 11.1 Å². The summed E-state index contributed by atoms with van der Waals surface area (Å²) in [4.78, 5) is 0. The number of phenols is 4. The van der Waals surface area contributed by atoms with Gasteiger partial charge < -0.3 is 25.5 Å². The lowest BCUT2D eigenvalue weighted by Crippen LogP contribution is -1.98. The van der Waals surface area contributed by atoms with Gasteiger partial charge in [0.25, 0.3) is 0 Å². The van der Waals surface area contributed by atoms with Gasteiger partial charge in [-0.2, -0.15) is 0 Å². The van der Waals surface area contributed by atoms with E-state index in [0.717, 1.165) is 0 Å². The predicted octanol–water partition coefficient (Wildman–Crippen LogP) is 2.55. The molecule has 0 amide bonds. The van der Waals surface area contributed by atoms with E-state index in [2.05, 4.69) is 0 Å². The van der Waals surface area contributed by atoms with Crippen molar-refractivity contribution in [2.24, 2.45) is 0 Å². The third-order valence-electron chi connectivity index (χ3n) is 4.39. The molecule has 6 nitrogen and oxygen atoms in total. The number of aromatic hydroxyl groups is 4. The van der Waals surface area contributed by atoms with Crippen molar-refractivity contribution in [3.8, 4) is 34.1 Å². The largest absolute Gasteiger partial charge is 0.507 e. The van der Waals surface area contributed by atoms with Crippen molar-refractivity contribution >= 4 is 16.5 Å². The minimum atomic E-state index is -0.331. The van der Waals surface area contributed by atoms with Gasteiger partial charge in [-0.05, 0) is 23.8 Å². The molecule has 0 saturated heterocycles. The molecule has 0 bridgehead atoms. The van der Waals surface area contributed by atoms with Gasteiger partial charge in [0.1, 0.15) is 23.0 Å². The van der Waals surface area contributed by atoms with E-state index in [1.165, 1.54) is 30.3 Å². The number of aliphatic hydroxyl groups excluding tert-OH is 1. The van der Waals surface area contributed by atoms with Crippen molar-refractivity contribution in [3.63, 3.8) is 0 Å². The molecule has 120 valence electrons. The zero-order valence-electron chi connectivity index (χ0n) is 12.3. The summed E-state index contributed by atoms with van der Waals surface area (Å²) in [5, 5.41) is 59.4. The maximum absolute atomic E-state index is 10.7.